The Bertz CT molecular complexity index is 601. The van der Waals surface area contributed by atoms with E-state index in [0.717, 1.165) is 10.9 Å². The monoisotopic (exact) mass is 273 g/mol. The lowest BCUT2D eigenvalue weighted by Crippen LogP contribution is -2.08. The number of alkyl halides is 2. The van der Waals surface area contributed by atoms with Crippen LogP contribution in [0.1, 0.15) is 22.5 Å². The van der Waals surface area contributed by atoms with E-state index in [4.69, 9.17) is 16.7 Å². The molecule has 2 rings (SSSR count). The average Bonchev–Trinajstić information content (AvgIpc) is 2.74. The summed E-state index contributed by atoms with van der Waals surface area (Å²) in [7, 11) is 0. The van der Waals surface area contributed by atoms with Crippen molar-refractivity contribution in [3.8, 4) is 5.82 Å². The summed E-state index contributed by atoms with van der Waals surface area (Å²) in [6, 6.07) is 2.97. The Balaban J connectivity index is 2.66. The van der Waals surface area contributed by atoms with E-state index in [2.05, 4.69) is 10.1 Å². The van der Waals surface area contributed by atoms with Crippen molar-refractivity contribution in [3.63, 3.8) is 0 Å². The smallest absolute Gasteiger partial charge is 0.339 e. The molecule has 0 aliphatic rings. The van der Waals surface area contributed by atoms with Crippen molar-refractivity contribution in [2.45, 2.75) is 6.43 Å². The first-order chi connectivity index (χ1) is 8.52. The van der Waals surface area contributed by atoms with Gasteiger partial charge in [0.1, 0.15) is 11.3 Å². The summed E-state index contributed by atoms with van der Waals surface area (Å²) in [6.07, 6.45) is -0.815. The fourth-order valence-electron chi connectivity index (χ4n) is 1.43. The van der Waals surface area contributed by atoms with Crippen LogP contribution in [0.25, 0.3) is 5.82 Å². The molecule has 0 saturated heterocycles. The molecule has 94 valence electrons. The number of carboxylic acid groups (broad SMARTS) is 1. The molecule has 5 nitrogen and oxygen atoms in total. The predicted octanol–water partition coefficient (Wildman–Crippen LogP) is 2.56. The van der Waals surface area contributed by atoms with Crippen LogP contribution < -0.4 is 0 Å². The van der Waals surface area contributed by atoms with Crippen molar-refractivity contribution in [1.82, 2.24) is 14.8 Å². The van der Waals surface area contributed by atoms with Gasteiger partial charge in [-0.25, -0.2) is 23.2 Å². The molecule has 0 aliphatic heterocycles. The number of halogens is 3. The van der Waals surface area contributed by atoms with E-state index in [9.17, 15) is 13.6 Å². The number of hydrogen-bond acceptors (Lipinski definition) is 3. The van der Waals surface area contributed by atoms with Gasteiger partial charge in [-0.3, -0.25) is 0 Å². The van der Waals surface area contributed by atoms with Gasteiger partial charge in [-0.2, -0.15) is 5.10 Å². The van der Waals surface area contributed by atoms with Gasteiger partial charge < -0.3 is 5.11 Å². The van der Waals surface area contributed by atoms with Crippen LogP contribution in [0, 0.1) is 0 Å². The Labute approximate surface area is 105 Å². The highest BCUT2D eigenvalue weighted by Crippen LogP contribution is 2.27. The molecule has 0 spiro atoms. The van der Waals surface area contributed by atoms with Crippen molar-refractivity contribution in [1.29, 1.82) is 0 Å². The third-order valence-corrected chi connectivity index (χ3v) is 2.48. The fraction of sp³-hybridized carbons (Fsp3) is 0.100. The summed E-state index contributed by atoms with van der Waals surface area (Å²) < 4.78 is 26.5. The van der Waals surface area contributed by atoms with Crippen LogP contribution in [0.15, 0.2) is 24.5 Å². The summed E-state index contributed by atoms with van der Waals surface area (Å²) in [5.41, 5.74) is -1.32. The van der Waals surface area contributed by atoms with E-state index in [0.29, 0.717) is 0 Å². The number of nitrogens with zero attached hydrogens (tertiary/aromatic N) is 3. The lowest BCUT2D eigenvalue weighted by atomic mass is 10.2. The molecular formula is C10H6ClF2N3O2. The quantitative estimate of drug-likeness (QED) is 0.933. The topological polar surface area (TPSA) is 68.0 Å². The SMILES string of the molecule is O=C(O)c1cnn(-c2ncccc2Cl)c1C(F)F. The summed E-state index contributed by atoms with van der Waals surface area (Å²) in [4.78, 5) is 14.6. The van der Waals surface area contributed by atoms with Crippen LogP contribution in [0.5, 0.6) is 0 Å². The first-order valence-corrected chi connectivity index (χ1v) is 5.10. The summed E-state index contributed by atoms with van der Waals surface area (Å²) in [5.74, 6) is -1.52. The minimum atomic E-state index is -3.00. The second-order valence-corrected chi connectivity index (χ2v) is 3.68. The summed E-state index contributed by atoms with van der Waals surface area (Å²) in [6.45, 7) is 0. The summed E-state index contributed by atoms with van der Waals surface area (Å²) in [5, 5.41) is 12.5. The van der Waals surface area contributed by atoms with Crippen LogP contribution in [0.3, 0.4) is 0 Å². The molecule has 0 bridgehead atoms. The molecule has 8 heteroatoms. The van der Waals surface area contributed by atoms with E-state index in [1.165, 1.54) is 18.3 Å². The Morgan fingerprint density at radius 1 is 1.50 bits per heavy atom. The van der Waals surface area contributed by atoms with Crippen LogP contribution in [-0.2, 0) is 0 Å². The fourth-order valence-corrected chi connectivity index (χ4v) is 1.64. The zero-order valence-corrected chi connectivity index (χ0v) is 9.47. The van der Waals surface area contributed by atoms with Crippen molar-refractivity contribution < 1.29 is 18.7 Å². The largest absolute Gasteiger partial charge is 0.478 e. The molecule has 0 fully saturated rings. The molecule has 2 aromatic heterocycles. The van der Waals surface area contributed by atoms with E-state index in [-0.39, 0.29) is 10.8 Å². The van der Waals surface area contributed by atoms with Gasteiger partial charge >= 0.3 is 5.97 Å². The Kier molecular flexibility index (Phi) is 3.24. The number of rotatable bonds is 3. The number of aromatic nitrogens is 3. The number of aromatic carboxylic acids is 1. The van der Waals surface area contributed by atoms with Crippen LogP contribution >= 0.6 is 11.6 Å². The van der Waals surface area contributed by atoms with Crippen LogP contribution in [0.4, 0.5) is 8.78 Å². The molecule has 0 aliphatic carbocycles. The van der Waals surface area contributed by atoms with E-state index >= 15 is 0 Å². The van der Waals surface area contributed by atoms with Crippen molar-refractivity contribution >= 4 is 17.6 Å². The molecule has 0 unspecified atom stereocenters. The van der Waals surface area contributed by atoms with Crippen molar-refractivity contribution in [3.05, 3.63) is 40.8 Å². The Morgan fingerprint density at radius 3 is 2.78 bits per heavy atom. The van der Waals surface area contributed by atoms with Gasteiger partial charge in [-0.05, 0) is 12.1 Å². The van der Waals surface area contributed by atoms with E-state index in [1.807, 2.05) is 0 Å². The van der Waals surface area contributed by atoms with Crippen molar-refractivity contribution in [2.24, 2.45) is 0 Å². The van der Waals surface area contributed by atoms with Crippen molar-refractivity contribution in [2.75, 3.05) is 0 Å². The zero-order chi connectivity index (χ0) is 13.3. The summed E-state index contributed by atoms with van der Waals surface area (Å²) >= 11 is 5.81. The van der Waals surface area contributed by atoms with Gasteiger partial charge in [-0.15, -0.1) is 0 Å². The van der Waals surface area contributed by atoms with Gasteiger partial charge in [0.05, 0.1) is 11.2 Å². The molecule has 0 aromatic carbocycles. The maximum atomic E-state index is 12.9. The lowest BCUT2D eigenvalue weighted by molar-refractivity contribution is 0.0683. The minimum absolute atomic E-state index is 0.0398. The first kappa shape index (κ1) is 12.4. The average molecular weight is 274 g/mol. The Morgan fingerprint density at radius 2 is 2.22 bits per heavy atom. The van der Waals surface area contributed by atoms with E-state index < -0.39 is 23.7 Å². The molecule has 2 heterocycles. The van der Waals surface area contributed by atoms with Gasteiger partial charge in [0, 0.05) is 6.20 Å². The highest BCUT2D eigenvalue weighted by atomic mass is 35.5. The van der Waals surface area contributed by atoms with Crippen LogP contribution in [0.2, 0.25) is 5.02 Å². The second-order valence-electron chi connectivity index (χ2n) is 3.27. The zero-order valence-electron chi connectivity index (χ0n) is 8.72. The lowest BCUT2D eigenvalue weighted by Gasteiger charge is -2.07. The standard InChI is InChI=1S/C10H6ClF2N3O2/c11-6-2-1-3-14-9(6)16-7(8(12)13)5(4-15-16)10(17)18/h1-4,8H,(H,17,18). The van der Waals surface area contributed by atoms with Gasteiger partial charge in [-0.1, -0.05) is 11.6 Å². The number of carbonyl (C=O) groups is 1. The van der Waals surface area contributed by atoms with Gasteiger partial charge in [0.2, 0.25) is 0 Å². The second kappa shape index (κ2) is 4.69. The van der Waals surface area contributed by atoms with Crippen LogP contribution in [-0.4, -0.2) is 25.8 Å². The van der Waals surface area contributed by atoms with Gasteiger partial charge in [0.25, 0.3) is 6.43 Å². The number of pyridine rings is 1. The number of hydrogen-bond donors (Lipinski definition) is 1. The third-order valence-electron chi connectivity index (χ3n) is 2.18. The molecule has 18 heavy (non-hydrogen) atoms. The number of carboxylic acids is 1. The van der Waals surface area contributed by atoms with E-state index in [1.54, 1.807) is 0 Å². The minimum Gasteiger partial charge on any atom is -0.478 e. The normalized spacial score (nSPS) is 10.9. The highest BCUT2D eigenvalue weighted by Gasteiger charge is 2.26. The molecule has 0 radical (unpaired) electrons. The third kappa shape index (κ3) is 2.04. The Hall–Kier alpha value is -2.02. The molecule has 1 N–H and O–H groups in total. The molecule has 0 atom stereocenters. The predicted molar refractivity (Wildman–Crippen MR) is 58.3 cm³/mol. The first-order valence-electron chi connectivity index (χ1n) is 4.72. The molecule has 0 amide bonds. The molecule has 0 saturated carbocycles. The van der Waals surface area contributed by atoms with Gasteiger partial charge in [0.15, 0.2) is 5.82 Å². The molecule has 2 aromatic rings. The highest BCUT2D eigenvalue weighted by molar-refractivity contribution is 6.32. The maximum Gasteiger partial charge on any atom is 0.339 e. The molecular weight excluding hydrogens is 268 g/mol. The maximum absolute atomic E-state index is 12.9.